The van der Waals surface area contributed by atoms with Gasteiger partial charge in [-0.3, -0.25) is 4.79 Å². The number of anilines is 2. The van der Waals surface area contributed by atoms with Crippen molar-refractivity contribution >= 4 is 39.8 Å². The Morgan fingerprint density at radius 3 is 2.71 bits per heavy atom. The van der Waals surface area contributed by atoms with Crippen LogP contribution in [0.15, 0.2) is 58.9 Å². The van der Waals surface area contributed by atoms with Crippen molar-refractivity contribution in [2.75, 3.05) is 24.2 Å². The predicted octanol–water partition coefficient (Wildman–Crippen LogP) is 4.13. The van der Waals surface area contributed by atoms with E-state index in [4.69, 9.17) is 4.74 Å². The second kappa shape index (κ2) is 10.7. The average Bonchev–Trinajstić information content (AvgIpc) is 3.16. The zero-order valence-corrected chi connectivity index (χ0v) is 17.2. The van der Waals surface area contributed by atoms with Crippen LogP contribution in [0.25, 0.3) is 0 Å². The van der Waals surface area contributed by atoms with Crippen molar-refractivity contribution in [3.8, 4) is 5.75 Å². The molecule has 0 aliphatic rings. The highest BCUT2D eigenvalue weighted by atomic mass is 32.2. The van der Waals surface area contributed by atoms with E-state index in [9.17, 15) is 4.79 Å². The van der Waals surface area contributed by atoms with Crippen molar-refractivity contribution in [2.24, 2.45) is 0 Å². The van der Waals surface area contributed by atoms with Gasteiger partial charge in [-0.2, -0.15) is 0 Å². The Bertz CT molecular complexity index is 887. The van der Waals surface area contributed by atoms with E-state index in [1.54, 1.807) is 0 Å². The van der Waals surface area contributed by atoms with E-state index in [-0.39, 0.29) is 5.91 Å². The van der Waals surface area contributed by atoms with Gasteiger partial charge in [-0.1, -0.05) is 65.6 Å². The van der Waals surface area contributed by atoms with Gasteiger partial charge in [-0.05, 0) is 31.0 Å². The van der Waals surface area contributed by atoms with Crippen LogP contribution >= 0.6 is 23.1 Å². The van der Waals surface area contributed by atoms with Gasteiger partial charge in [0, 0.05) is 6.54 Å². The number of thioether (sulfide) groups is 1. The van der Waals surface area contributed by atoms with Crippen LogP contribution in [-0.4, -0.2) is 35.0 Å². The number of rotatable bonds is 10. The van der Waals surface area contributed by atoms with Crippen molar-refractivity contribution in [3.05, 3.63) is 60.2 Å². The lowest BCUT2D eigenvalue weighted by molar-refractivity contribution is -0.118. The second-order valence-corrected chi connectivity index (χ2v) is 8.00. The first kappa shape index (κ1) is 20.2. The summed E-state index contributed by atoms with van der Waals surface area (Å²) in [6.07, 6.45) is 0.823. The first-order valence-corrected chi connectivity index (χ1v) is 10.8. The summed E-state index contributed by atoms with van der Waals surface area (Å²) in [4.78, 5) is 12.0. The van der Waals surface area contributed by atoms with E-state index in [0.29, 0.717) is 24.0 Å². The number of hydrogen-bond acceptors (Lipinski definition) is 7. The highest BCUT2D eigenvalue weighted by Gasteiger charge is 2.10. The van der Waals surface area contributed by atoms with Crippen LogP contribution in [0.5, 0.6) is 5.75 Å². The van der Waals surface area contributed by atoms with E-state index in [2.05, 4.69) is 33.0 Å². The van der Waals surface area contributed by atoms with E-state index in [1.807, 2.05) is 49.4 Å². The highest BCUT2D eigenvalue weighted by molar-refractivity contribution is 8.01. The summed E-state index contributed by atoms with van der Waals surface area (Å²) >= 11 is 2.79. The number of para-hydroxylation sites is 2. The molecule has 0 atom stereocenters. The van der Waals surface area contributed by atoms with Crippen molar-refractivity contribution in [3.63, 3.8) is 0 Å². The average molecular weight is 415 g/mol. The number of ether oxygens (including phenoxy) is 1. The van der Waals surface area contributed by atoms with Gasteiger partial charge < -0.3 is 15.4 Å². The topological polar surface area (TPSA) is 76.1 Å². The van der Waals surface area contributed by atoms with E-state index in [0.717, 1.165) is 22.2 Å². The predicted molar refractivity (Wildman–Crippen MR) is 115 cm³/mol. The first-order valence-electron chi connectivity index (χ1n) is 9.00. The maximum atomic E-state index is 12.0. The molecule has 0 unspecified atom stereocenters. The van der Waals surface area contributed by atoms with Gasteiger partial charge in [-0.25, -0.2) is 0 Å². The fourth-order valence-corrected chi connectivity index (χ4v) is 4.05. The molecule has 1 aromatic heterocycles. The van der Waals surface area contributed by atoms with Crippen molar-refractivity contribution in [2.45, 2.75) is 17.7 Å². The van der Waals surface area contributed by atoms with Crippen LogP contribution in [-0.2, 0) is 11.2 Å². The van der Waals surface area contributed by atoms with E-state index in [1.165, 1.54) is 28.7 Å². The Hall–Kier alpha value is -2.58. The Labute approximate surface area is 172 Å². The molecule has 3 aromatic rings. The molecule has 3 rings (SSSR count). The molecule has 2 aromatic carbocycles. The summed E-state index contributed by atoms with van der Waals surface area (Å²) < 4.78 is 6.35. The van der Waals surface area contributed by atoms with Crippen molar-refractivity contribution in [1.82, 2.24) is 15.5 Å². The normalized spacial score (nSPS) is 10.5. The molecule has 1 heterocycles. The molecule has 0 fully saturated rings. The number of benzene rings is 2. The summed E-state index contributed by atoms with van der Waals surface area (Å²) in [5, 5.41) is 15.1. The maximum Gasteiger partial charge on any atom is 0.230 e. The molecule has 0 saturated carbocycles. The smallest absolute Gasteiger partial charge is 0.230 e. The maximum absolute atomic E-state index is 12.0. The lowest BCUT2D eigenvalue weighted by atomic mass is 10.1. The molecule has 0 spiro atoms. The van der Waals surface area contributed by atoms with Crippen LogP contribution in [0, 0.1) is 0 Å². The lowest BCUT2D eigenvalue weighted by Gasteiger charge is -2.09. The molecular formula is C20H22N4O2S2. The Balaban J connectivity index is 1.44. The minimum atomic E-state index is -0.00710. The molecule has 0 bridgehead atoms. The first-order chi connectivity index (χ1) is 13.7. The zero-order chi connectivity index (χ0) is 19.6. The van der Waals surface area contributed by atoms with E-state index < -0.39 is 0 Å². The number of carbonyl (C=O) groups excluding carboxylic acids is 1. The molecule has 2 N–H and O–H groups in total. The molecule has 28 heavy (non-hydrogen) atoms. The van der Waals surface area contributed by atoms with Gasteiger partial charge in [0.2, 0.25) is 11.0 Å². The molecule has 146 valence electrons. The number of carbonyl (C=O) groups is 1. The summed E-state index contributed by atoms with van der Waals surface area (Å²) in [5.74, 6) is 1.08. The van der Waals surface area contributed by atoms with Crippen LogP contribution in [0.1, 0.15) is 12.5 Å². The van der Waals surface area contributed by atoms with Crippen molar-refractivity contribution in [1.29, 1.82) is 0 Å². The molecule has 0 radical (unpaired) electrons. The number of hydrogen-bond donors (Lipinski definition) is 2. The SMILES string of the molecule is CCOc1ccccc1Nc1nnc(SCC(=O)NCCc2ccccc2)s1. The minimum Gasteiger partial charge on any atom is -0.492 e. The van der Waals surface area contributed by atoms with Crippen molar-refractivity contribution < 1.29 is 9.53 Å². The lowest BCUT2D eigenvalue weighted by Crippen LogP contribution is -2.27. The largest absolute Gasteiger partial charge is 0.492 e. The van der Waals surface area contributed by atoms with Gasteiger partial charge in [-0.15, -0.1) is 10.2 Å². The van der Waals surface area contributed by atoms with Crippen LogP contribution in [0.2, 0.25) is 0 Å². The molecule has 1 amide bonds. The number of nitrogens with zero attached hydrogens (tertiary/aromatic N) is 2. The second-order valence-electron chi connectivity index (χ2n) is 5.80. The third-order valence-electron chi connectivity index (χ3n) is 3.74. The quantitative estimate of drug-likeness (QED) is 0.486. The summed E-state index contributed by atoms with van der Waals surface area (Å²) in [6, 6.07) is 17.8. The summed E-state index contributed by atoms with van der Waals surface area (Å²) in [5.41, 5.74) is 2.05. The molecule has 8 heteroatoms. The van der Waals surface area contributed by atoms with Gasteiger partial charge >= 0.3 is 0 Å². The number of amides is 1. The molecule has 6 nitrogen and oxygen atoms in total. The third-order valence-corrected chi connectivity index (χ3v) is 5.71. The molecular weight excluding hydrogens is 392 g/mol. The highest BCUT2D eigenvalue weighted by Crippen LogP contribution is 2.31. The fraction of sp³-hybridized carbons (Fsp3) is 0.250. The van der Waals surface area contributed by atoms with Gasteiger partial charge in [0.1, 0.15) is 5.75 Å². The van der Waals surface area contributed by atoms with Gasteiger partial charge in [0.05, 0.1) is 18.0 Å². The zero-order valence-electron chi connectivity index (χ0n) is 15.6. The molecule has 0 saturated heterocycles. The number of nitrogens with one attached hydrogen (secondary N) is 2. The number of aromatic nitrogens is 2. The Morgan fingerprint density at radius 1 is 1.11 bits per heavy atom. The third kappa shape index (κ3) is 6.24. The molecule has 0 aliphatic heterocycles. The monoisotopic (exact) mass is 414 g/mol. The minimum absolute atomic E-state index is 0.00710. The standard InChI is InChI=1S/C20H22N4O2S2/c1-2-26-17-11-7-6-10-16(17)22-19-23-24-20(28-19)27-14-18(25)21-13-12-15-8-4-3-5-9-15/h3-11H,2,12-14H2,1H3,(H,21,25)(H,22,23). The van der Waals surface area contributed by atoms with Crippen LogP contribution in [0.3, 0.4) is 0 Å². The van der Waals surface area contributed by atoms with Gasteiger partial charge in [0.15, 0.2) is 4.34 Å². The van der Waals surface area contributed by atoms with E-state index >= 15 is 0 Å². The summed E-state index contributed by atoms with van der Waals surface area (Å²) in [7, 11) is 0. The Morgan fingerprint density at radius 2 is 1.89 bits per heavy atom. The molecule has 0 aliphatic carbocycles. The summed E-state index contributed by atoms with van der Waals surface area (Å²) in [6.45, 7) is 3.16. The van der Waals surface area contributed by atoms with Gasteiger partial charge in [0.25, 0.3) is 0 Å². The van der Waals surface area contributed by atoms with Crippen LogP contribution < -0.4 is 15.4 Å². The Kier molecular flexibility index (Phi) is 7.69. The van der Waals surface area contributed by atoms with Crippen LogP contribution in [0.4, 0.5) is 10.8 Å². The fourth-order valence-electron chi connectivity index (χ4n) is 2.45.